The molecule has 1 aliphatic heterocycles. The van der Waals surface area contributed by atoms with Gasteiger partial charge in [-0.15, -0.1) is 0 Å². The number of ether oxygens (including phenoxy) is 1. The lowest BCUT2D eigenvalue weighted by atomic mass is 9.76. The lowest BCUT2D eigenvalue weighted by molar-refractivity contribution is 0.357. The molecular formula is C15H18N2O. The van der Waals surface area contributed by atoms with E-state index in [0.717, 1.165) is 25.3 Å². The van der Waals surface area contributed by atoms with Crippen molar-refractivity contribution in [1.82, 2.24) is 4.90 Å². The number of fused-ring (bicyclic) bond motifs is 3. The summed E-state index contributed by atoms with van der Waals surface area (Å²) in [5.41, 5.74) is 2.84. The Labute approximate surface area is 108 Å². The highest BCUT2D eigenvalue weighted by molar-refractivity contribution is 5.45. The summed E-state index contributed by atoms with van der Waals surface area (Å²) in [6, 6.07) is 8.64. The van der Waals surface area contributed by atoms with Gasteiger partial charge in [-0.05, 0) is 30.4 Å². The Hall–Kier alpha value is -1.53. The van der Waals surface area contributed by atoms with Gasteiger partial charge in [0.15, 0.2) is 0 Å². The molecule has 0 amide bonds. The van der Waals surface area contributed by atoms with Crippen molar-refractivity contribution in [3.8, 4) is 11.8 Å². The van der Waals surface area contributed by atoms with Gasteiger partial charge in [-0.3, -0.25) is 4.90 Å². The molecule has 2 atom stereocenters. The zero-order valence-electron chi connectivity index (χ0n) is 10.7. The first kappa shape index (κ1) is 11.6. The van der Waals surface area contributed by atoms with Crippen LogP contribution in [0.2, 0.25) is 0 Å². The van der Waals surface area contributed by atoms with Crippen molar-refractivity contribution >= 4 is 0 Å². The van der Waals surface area contributed by atoms with Crippen LogP contribution in [0.25, 0.3) is 0 Å². The molecule has 0 radical (unpaired) electrons. The van der Waals surface area contributed by atoms with Crippen molar-refractivity contribution < 1.29 is 4.74 Å². The number of rotatable bonds is 2. The number of hydrogen-bond donors (Lipinski definition) is 0. The van der Waals surface area contributed by atoms with Gasteiger partial charge in [-0.2, -0.15) is 5.26 Å². The molecule has 1 aromatic rings. The summed E-state index contributed by atoms with van der Waals surface area (Å²) in [5.74, 6) is 2.28. The first-order chi connectivity index (χ1) is 8.83. The molecular weight excluding hydrogens is 224 g/mol. The third-order valence-corrected chi connectivity index (χ3v) is 4.34. The van der Waals surface area contributed by atoms with E-state index < -0.39 is 0 Å². The summed E-state index contributed by atoms with van der Waals surface area (Å²) in [7, 11) is 1.75. The molecule has 0 saturated carbocycles. The molecule has 0 bridgehead atoms. The zero-order valence-corrected chi connectivity index (χ0v) is 10.7. The van der Waals surface area contributed by atoms with Crippen molar-refractivity contribution in [1.29, 1.82) is 5.26 Å². The summed E-state index contributed by atoms with van der Waals surface area (Å²) in [6.45, 7) is 2.62. The maximum atomic E-state index is 8.84. The van der Waals surface area contributed by atoms with Gasteiger partial charge in [0.1, 0.15) is 5.75 Å². The molecule has 1 heterocycles. The monoisotopic (exact) mass is 242 g/mol. The lowest BCUT2D eigenvalue weighted by Gasteiger charge is -2.28. The molecule has 0 aromatic heterocycles. The van der Waals surface area contributed by atoms with Crippen LogP contribution in [0.1, 0.15) is 23.5 Å². The van der Waals surface area contributed by atoms with Crippen LogP contribution >= 0.6 is 0 Å². The predicted octanol–water partition coefficient (Wildman–Crippen LogP) is 2.18. The number of aryl methyl sites for hydroxylation is 1. The van der Waals surface area contributed by atoms with Gasteiger partial charge >= 0.3 is 0 Å². The topological polar surface area (TPSA) is 36.3 Å². The molecule has 1 saturated heterocycles. The van der Waals surface area contributed by atoms with Crippen LogP contribution in [0.3, 0.4) is 0 Å². The third-order valence-electron chi connectivity index (χ3n) is 4.34. The highest BCUT2D eigenvalue weighted by Crippen LogP contribution is 2.45. The van der Waals surface area contributed by atoms with E-state index in [1.54, 1.807) is 7.11 Å². The Morgan fingerprint density at radius 3 is 3.11 bits per heavy atom. The van der Waals surface area contributed by atoms with Gasteiger partial charge < -0.3 is 4.74 Å². The number of benzene rings is 1. The van der Waals surface area contributed by atoms with E-state index in [9.17, 15) is 0 Å². The zero-order chi connectivity index (χ0) is 12.5. The largest absolute Gasteiger partial charge is 0.496 e. The molecule has 3 nitrogen and oxygen atoms in total. The molecule has 94 valence electrons. The van der Waals surface area contributed by atoms with Crippen LogP contribution in [-0.2, 0) is 6.42 Å². The summed E-state index contributed by atoms with van der Waals surface area (Å²) in [5, 5.41) is 8.84. The number of likely N-dealkylation sites (tertiary alicyclic amines) is 1. The van der Waals surface area contributed by atoms with E-state index in [-0.39, 0.29) is 0 Å². The van der Waals surface area contributed by atoms with Crippen LogP contribution in [0.15, 0.2) is 18.2 Å². The minimum atomic E-state index is 0.553. The van der Waals surface area contributed by atoms with Gasteiger partial charge in [0.2, 0.25) is 0 Å². The molecule has 1 fully saturated rings. The Bertz CT molecular complexity index is 478. The number of nitriles is 1. The summed E-state index contributed by atoms with van der Waals surface area (Å²) >= 11 is 0. The fraction of sp³-hybridized carbons (Fsp3) is 0.533. The molecule has 0 N–H and O–H groups in total. The van der Waals surface area contributed by atoms with E-state index in [4.69, 9.17) is 10.00 Å². The minimum absolute atomic E-state index is 0.553. The number of hydrogen-bond acceptors (Lipinski definition) is 3. The Morgan fingerprint density at radius 2 is 2.33 bits per heavy atom. The van der Waals surface area contributed by atoms with Crippen molar-refractivity contribution in [3.05, 3.63) is 29.3 Å². The summed E-state index contributed by atoms with van der Waals surface area (Å²) in [4.78, 5) is 2.27. The van der Waals surface area contributed by atoms with Gasteiger partial charge in [0, 0.05) is 24.6 Å². The highest BCUT2D eigenvalue weighted by Gasteiger charge is 2.38. The van der Waals surface area contributed by atoms with E-state index >= 15 is 0 Å². The van der Waals surface area contributed by atoms with E-state index in [0.29, 0.717) is 18.4 Å². The van der Waals surface area contributed by atoms with E-state index in [1.807, 2.05) is 0 Å². The lowest BCUT2D eigenvalue weighted by Crippen LogP contribution is -2.20. The Morgan fingerprint density at radius 1 is 1.44 bits per heavy atom. The number of nitrogens with zero attached hydrogens (tertiary/aromatic N) is 2. The van der Waals surface area contributed by atoms with Gasteiger partial charge in [0.05, 0.1) is 19.7 Å². The first-order valence-electron chi connectivity index (χ1n) is 6.58. The molecule has 0 unspecified atom stereocenters. The fourth-order valence-corrected chi connectivity index (χ4v) is 3.56. The SMILES string of the molecule is COc1cccc2c1[C@H]1CN(CC#N)C[C@H]1CC2. The van der Waals surface area contributed by atoms with Crippen LogP contribution in [0.4, 0.5) is 0 Å². The van der Waals surface area contributed by atoms with Gasteiger partial charge in [-0.25, -0.2) is 0 Å². The quantitative estimate of drug-likeness (QED) is 0.746. The Balaban J connectivity index is 1.95. The Kier molecular flexibility index (Phi) is 2.97. The maximum Gasteiger partial charge on any atom is 0.122 e. The van der Waals surface area contributed by atoms with Crippen molar-refractivity contribution in [2.75, 3.05) is 26.7 Å². The van der Waals surface area contributed by atoms with Gasteiger partial charge in [-0.1, -0.05) is 12.1 Å². The summed E-state index contributed by atoms with van der Waals surface area (Å²) in [6.07, 6.45) is 2.39. The highest BCUT2D eigenvalue weighted by atomic mass is 16.5. The predicted molar refractivity (Wildman–Crippen MR) is 69.6 cm³/mol. The first-order valence-corrected chi connectivity index (χ1v) is 6.58. The van der Waals surface area contributed by atoms with Crippen LogP contribution < -0.4 is 4.74 Å². The van der Waals surface area contributed by atoms with Crippen molar-refractivity contribution in [2.24, 2.45) is 5.92 Å². The smallest absolute Gasteiger partial charge is 0.122 e. The second-order valence-electron chi connectivity index (χ2n) is 5.29. The standard InChI is InChI=1S/C15H18N2O/c1-18-14-4-2-3-11-5-6-12-9-17(8-7-16)10-13(12)15(11)14/h2-4,12-13H,5-6,8-10H2,1H3/t12-,13+/m1/s1. The second kappa shape index (κ2) is 4.62. The molecule has 18 heavy (non-hydrogen) atoms. The summed E-state index contributed by atoms with van der Waals surface area (Å²) < 4.78 is 5.53. The fourth-order valence-electron chi connectivity index (χ4n) is 3.56. The van der Waals surface area contributed by atoms with Crippen LogP contribution in [0.5, 0.6) is 5.75 Å². The number of methoxy groups -OCH3 is 1. The minimum Gasteiger partial charge on any atom is -0.496 e. The van der Waals surface area contributed by atoms with E-state index in [1.165, 1.54) is 17.5 Å². The normalized spacial score (nSPS) is 26.2. The second-order valence-corrected chi connectivity index (χ2v) is 5.29. The molecule has 3 heteroatoms. The molecule has 3 rings (SSSR count). The van der Waals surface area contributed by atoms with Crippen LogP contribution in [-0.4, -0.2) is 31.6 Å². The van der Waals surface area contributed by atoms with Crippen LogP contribution in [0, 0.1) is 17.2 Å². The molecule has 1 aliphatic carbocycles. The average molecular weight is 242 g/mol. The maximum absolute atomic E-state index is 8.84. The van der Waals surface area contributed by atoms with E-state index in [2.05, 4.69) is 29.2 Å². The molecule has 0 spiro atoms. The third kappa shape index (κ3) is 1.77. The molecule has 2 aliphatic rings. The van der Waals surface area contributed by atoms with Crippen molar-refractivity contribution in [2.45, 2.75) is 18.8 Å². The van der Waals surface area contributed by atoms with Gasteiger partial charge in [0.25, 0.3) is 0 Å². The average Bonchev–Trinajstić information content (AvgIpc) is 2.81. The van der Waals surface area contributed by atoms with Crippen molar-refractivity contribution in [3.63, 3.8) is 0 Å². The molecule has 1 aromatic carbocycles.